The number of allylic oxidation sites excluding steroid dienone is 1. The van der Waals surface area contributed by atoms with Crippen molar-refractivity contribution in [2.45, 2.75) is 6.54 Å². The Balaban J connectivity index is 1.70. The van der Waals surface area contributed by atoms with Gasteiger partial charge in [-0.3, -0.25) is 9.78 Å². The van der Waals surface area contributed by atoms with Crippen molar-refractivity contribution >= 4 is 6.08 Å². The van der Waals surface area contributed by atoms with Crippen LogP contribution in [-0.4, -0.2) is 9.55 Å². The van der Waals surface area contributed by atoms with Gasteiger partial charge in [0, 0.05) is 30.6 Å². The molecule has 0 unspecified atom stereocenters. The lowest BCUT2D eigenvalue weighted by Crippen LogP contribution is -2.16. The van der Waals surface area contributed by atoms with Gasteiger partial charge in [-0.1, -0.05) is 30.3 Å². The molecule has 0 saturated carbocycles. The first-order valence-electron chi connectivity index (χ1n) is 7.26. The van der Waals surface area contributed by atoms with Gasteiger partial charge in [0.1, 0.15) is 5.82 Å². The normalized spacial score (nSPS) is 11.0. The highest BCUT2D eigenvalue weighted by Crippen LogP contribution is 2.19. The highest BCUT2D eigenvalue weighted by molar-refractivity contribution is 5.63. The predicted molar refractivity (Wildman–Crippen MR) is 89.4 cm³/mol. The second-order valence-electron chi connectivity index (χ2n) is 5.07. The first-order chi connectivity index (χ1) is 11.2. The van der Waals surface area contributed by atoms with E-state index in [0.29, 0.717) is 6.54 Å². The van der Waals surface area contributed by atoms with E-state index in [1.165, 1.54) is 18.2 Å². The molecule has 3 rings (SSSR count). The number of hydrogen-bond donors (Lipinski definition) is 0. The van der Waals surface area contributed by atoms with E-state index in [2.05, 4.69) is 4.98 Å². The molecular weight excluding hydrogens is 291 g/mol. The number of pyridine rings is 2. The van der Waals surface area contributed by atoms with Crippen molar-refractivity contribution in [2.75, 3.05) is 0 Å². The van der Waals surface area contributed by atoms with Crippen LogP contribution < -0.4 is 5.56 Å². The zero-order valence-corrected chi connectivity index (χ0v) is 12.4. The van der Waals surface area contributed by atoms with Crippen molar-refractivity contribution in [1.29, 1.82) is 0 Å². The van der Waals surface area contributed by atoms with Crippen LogP contribution in [0, 0.1) is 5.82 Å². The van der Waals surface area contributed by atoms with Crippen LogP contribution in [0.1, 0.15) is 5.69 Å². The van der Waals surface area contributed by atoms with Crippen molar-refractivity contribution in [2.24, 2.45) is 0 Å². The van der Waals surface area contributed by atoms with Crippen LogP contribution in [0.2, 0.25) is 0 Å². The maximum atomic E-state index is 12.9. The minimum Gasteiger partial charge on any atom is -0.312 e. The minimum absolute atomic E-state index is 0.0308. The molecule has 0 saturated heterocycles. The number of nitrogens with zero attached hydrogens (tertiary/aromatic N) is 2. The third kappa shape index (κ3) is 3.80. The number of rotatable bonds is 4. The maximum absolute atomic E-state index is 12.9. The zero-order chi connectivity index (χ0) is 16.1. The van der Waals surface area contributed by atoms with E-state index in [9.17, 15) is 9.18 Å². The van der Waals surface area contributed by atoms with Crippen molar-refractivity contribution in [3.63, 3.8) is 0 Å². The molecule has 0 amide bonds. The van der Waals surface area contributed by atoms with Crippen molar-refractivity contribution in [1.82, 2.24) is 9.55 Å². The Morgan fingerprint density at radius 3 is 2.48 bits per heavy atom. The number of hydrogen-bond acceptors (Lipinski definition) is 2. The molecule has 0 fully saturated rings. The molecule has 0 bridgehead atoms. The Bertz CT molecular complexity index is 865. The summed E-state index contributed by atoms with van der Waals surface area (Å²) >= 11 is 0. The standard InChI is InChI=1S/C19H15FN2O/c20-17-9-6-15(7-10-17)16-8-11-18(21-14-16)4-3-13-22-12-2-1-5-19(22)23/h1-12,14H,13H2/b4-3+. The summed E-state index contributed by atoms with van der Waals surface area (Å²) in [7, 11) is 0. The largest absolute Gasteiger partial charge is 0.312 e. The molecule has 1 aromatic carbocycles. The van der Waals surface area contributed by atoms with Crippen LogP contribution in [0.3, 0.4) is 0 Å². The fourth-order valence-electron chi connectivity index (χ4n) is 2.22. The second kappa shape index (κ2) is 6.83. The summed E-state index contributed by atoms with van der Waals surface area (Å²) < 4.78 is 14.5. The van der Waals surface area contributed by atoms with Gasteiger partial charge in [-0.25, -0.2) is 4.39 Å². The molecule has 4 heteroatoms. The Labute approximate surface area is 133 Å². The van der Waals surface area contributed by atoms with Gasteiger partial charge in [-0.15, -0.1) is 0 Å². The third-order valence-electron chi connectivity index (χ3n) is 3.45. The lowest BCUT2D eigenvalue weighted by atomic mass is 10.1. The molecule has 0 aliphatic carbocycles. The molecule has 0 radical (unpaired) electrons. The van der Waals surface area contributed by atoms with Crippen molar-refractivity contribution in [3.05, 3.63) is 94.9 Å². The van der Waals surface area contributed by atoms with Gasteiger partial charge in [0.15, 0.2) is 0 Å². The van der Waals surface area contributed by atoms with Crippen molar-refractivity contribution < 1.29 is 4.39 Å². The average Bonchev–Trinajstić information content (AvgIpc) is 2.58. The maximum Gasteiger partial charge on any atom is 0.250 e. The van der Waals surface area contributed by atoms with Gasteiger partial charge in [0.05, 0.1) is 5.69 Å². The molecule has 2 heterocycles. The number of halogens is 1. The van der Waals surface area contributed by atoms with E-state index in [4.69, 9.17) is 0 Å². The highest BCUT2D eigenvalue weighted by Gasteiger charge is 1.98. The molecule has 0 N–H and O–H groups in total. The van der Waals surface area contributed by atoms with Gasteiger partial charge in [0.2, 0.25) is 0 Å². The van der Waals surface area contributed by atoms with Crippen molar-refractivity contribution in [3.8, 4) is 11.1 Å². The van der Waals surface area contributed by atoms with E-state index in [1.807, 2.05) is 30.4 Å². The summed E-state index contributed by atoms with van der Waals surface area (Å²) in [6.07, 6.45) is 7.26. The molecule has 0 spiro atoms. The third-order valence-corrected chi connectivity index (χ3v) is 3.45. The second-order valence-corrected chi connectivity index (χ2v) is 5.07. The molecule has 114 valence electrons. The summed E-state index contributed by atoms with van der Waals surface area (Å²) in [4.78, 5) is 15.9. The fourth-order valence-corrected chi connectivity index (χ4v) is 2.22. The summed E-state index contributed by atoms with van der Waals surface area (Å²) in [6, 6.07) is 15.2. The van der Waals surface area contributed by atoms with E-state index < -0.39 is 0 Å². The Hall–Kier alpha value is -3.01. The molecule has 0 aliphatic heterocycles. The summed E-state index contributed by atoms with van der Waals surface area (Å²) in [5, 5.41) is 0. The molecule has 0 atom stereocenters. The number of aromatic nitrogens is 2. The van der Waals surface area contributed by atoms with Gasteiger partial charge in [-0.05, 0) is 35.9 Å². The Morgan fingerprint density at radius 1 is 1.00 bits per heavy atom. The van der Waals surface area contributed by atoms with Gasteiger partial charge in [-0.2, -0.15) is 0 Å². The van der Waals surface area contributed by atoms with E-state index in [0.717, 1.165) is 16.8 Å². The van der Waals surface area contributed by atoms with Gasteiger partial charge < -0.3 is 4.57 Å². The van der Waals surface area contributed by atoms with Crippen LogP contribution in [0.25, 0.3) is 17.2 Å². The average molecular weight is 306 g/mol. The van der Waals surface area contributed by atoms with E-state index in [1.54, 1.807) is 35.2 Å². The zero-order valence-electron chi connectivity index (χ0n) is 12.4. The van der Waals surface area contributed by atoms with Crippen LogP contribution in [0.15, 0.2) is 77.9 Å². The van der Waals surface area contributed by atoms with E-state index >= 15 is 0 Å². The number of benzene rings is 1. The monoisotopic (exact) mass is 306 g/mol. The van der Waals surface area contributed by atoms with Crippen LogP contribution in [0.5, 0.6) is 0 Å². The molecule has 0 aliphatic rings. The molecule has 3 nitrogen and oxygen atoms in total. The first-order valence-corrected chi connectivity index (χ1v) is 7.26. The van der Waals surface area contributed by atoms with Gasteiger partial charge in [0.25, 0.3) is 5.56 Å². The Kier molecular flexibility index (Phi) is 4.43. The van der Waals surface area contributed by atoms with Crippen LogP contribution in [-0.2, 0) is 6.54 Å². The lowest BCUT2D eigenvalue weighted by molar-refractivity contribution is 0.628. The first kappa shape index (κ1) is 14.9. The highest BCUT2D eigenvalue weighted by atomic mass is 19.1. The van der Waals surface area contributed by atoms with Crippen LogP contribution in [0.4, 0.5) is 4.39 Å². The summed E-state index contributed by atoms with van der Waals surface area (Å²) in [6.45, 7) is 0.501. The van der Waals surface area contributed by atoms with Gasteiger partial charge >= 0.3 is 0 Å². The van der Waals surface area contributed by atoms with E-state index in [-0.39, 0.29) is 11.4 Å². The minimum atomic E-state index is -0.252. The SMILES string of the molecule is O=c1ccccn1C/C=C/c1ccc(-c2ccc(F)cc2)cn1. The van der Waals surface area contributed by atoms with Crippen LogP contribution >= 0.6 is 0 Å². The summed E-state index contributed by atoms with van der Waals surface area (Å²) in [5.74, 6) is -0.252. The smallest absolute Gasteiger partial charge is 0.250 e. The topological polar surface area (TPSA) is 34.9 Å². The molecule has 3 aromatic rings. The molecular formula is C19H15FN2O. The quantitative estimate of drug-likeness (QED) is 0.735. The molecule has 23 heavy (non-hydrogen) atoms. The lowest BCUT2D eigenvalue weighted by Gasteiger charge is -2.02. The Morgan fingerprint density at radius 2 is 1.78 bits per heavy atom. The summed E-state index contributed by atoms with van der Waals surface area (Å²) in [5.41, 5.74) is 2.63. The molecule has 2 aromatic heterocycles. The fraction of sp³-hybridized carbons (Fsp3) is 0.0526. The predicted octanol–water partition coefficient (Wildman–Crippen LogP) is 3.76.